The molecule has 2 aliphatic rings. The van der Waals surface area contributed by atoms with Gasteiger partial charge >= 0.3 is 0 Å². The first-order valence-electron chi connectivity index (χ1n) is 7.64. The summed E-state index contributed by atoms with van der Waals surface area (Å²) in [5.74, 6) is 1.03. The first kappa shape index (κ1) is 14.3. The number of aromatic amines is 1. The maximum Gasteiger partial charge on any atom is 0.284 e. The number of benzene rings is 1. The van der Waals surface area contributed by atoms with Crippen LogP contribution in [0.2, 0.25) is 0 Å². The van der Waals surface area contributed by atoms with E-state index in [1.54, 1.807) is 24.5 Å². The molecule has 0 atom stereocenters. The van der Waals surface area contributed by atoms with E-state index in [1.165, 1.54) is 0 Å². The fourth-order valence-corrected chi connectivity index (χ4v) is 2.77. The molecule has 6 nitrogen and oxygen atoms in total. The molecule has 24 heavy (non-hydrogen) atoms. The lowest BCUT2D eigenvalue weighted by Crippen LogP contribution is -2.15. The van der Waals surface area contributed by atoms with Crippen molar-refractivity contribution in [2.24, 2.45) is 0 Å². The maximum absolute atomic E-state index is 12.5. The highest BCUT2D eigenvalue weighted by Gasteiger charge is 2.21. The van der Waals surface area contributed by atoms with E-state index in [2.05, 4.69) is 20.1 Å². The zero-order valence-electron chi connectivity index (χ0n) is 13.1. The zero-order chi connectivity index (χ0) is 16.5. The summed E-state index contributed by atoms with van der Waals surface area (Å²) in [6.07, 6.45) is 3.32. The number of nitrogens with zero attached hydrogens (tertiary/aromatic N) is 4. The van der Waals surface area contributed by atoms with Gasteiger partial charge in [0.2, 0.25) is 0 Å². The van der Waals surface area contributed by atoms with Crippen molar-refractivity contribution in [1.82, 2.24) is 24.7 Å². The molecule has 0 radical (unpaired) electrons. The van der Waals surface area contributed by atoms with E-state index in [-0.39, 0.29) is 5.56 Å². The van der Waals surface area contributed by atoms with Gasteiger partial charge in [-0.15, -0.1) is 0 Å². The molecule has 0 fully saturated rings. The summed E-state index contributed by atoms with van der Waals surface area (Å²) >= 11 is 0. The molecule has 0 spiro atoms. The Hall–Kier alpha value is -3.28. The average molecular weight is 317 g/mol. The van der Waals surface area contributed by atoms with E-state index < -0.39 is 0 Å². The predicted molar refractivity (Wildman–Crippen MR) is 90.8 cm³/mol. The monoisotopic (exact) mass is 317 g/mol. The van der Waals surface area contributed by atoms with Crippen LogP contribution in [0.3, 0.4) is 0 Å². The second-order valence-corrected chi connectivity index (χ2v) is 5.60. The summed E-state index contributed by atoms with van der Waals surface area (Å²) in [5.41, 5.74) is 2.93. The summed E-state index contributed by atoms with van der Waals surface area (Å²) in [6, 6.07) is 13.6. The number of aromatic nitrogens is 5. The second kappa shape index (κ2) is 5.73. The van der Waals surface area contributed by atoms with Crippen LogP contribution in [-0.2, 0) is 6.54 Å². The molecule has 4 rings (SSSR count). The van der Waals surface area contributed by atoms with Gasteiger partial charge in [0.25, 0.3) is 5.56 Å². The van der Waals surface area contributed by atoms with Crippen LogP contribution in [0.4, 0.5) is 0 Å². The zero-order valence-corrected chi connectivity index (χ0v) is 13.1. The number of aryl methyl sites for hydroxylation is 1. The number of hydrogen-bond donors (Lipinski definition) is 1. The van der Waals surface area contributed by atoms with Crippen molar-refractivity contribution in [2.45, 2.75) is 13.5 Å². The minimum atomic E-state index is -0.271. The topological polar surface area (TPSA) is 76.5 Å². The molecular formula is C18H15N5O. The van der Waals surface area contributed by atoms with Gasteiger partial charge in [0.05, 0.1) is 6.54 Å². The molecular weight excluding hydrogens is 302 g/mol. The molecule has 2 aliphatic heterocycles. The molecule has 2 aromatic rings. The van der Waals surface area contributed by atoms with Crippen molar-refractivity contribution >= 4 is 0 Å². The number of nitrogens with one attached hydrogen (secondary N) is 1. The van der Waals surface area contributed by atoms with Gasteiger partial charge in [-0.1, -0.05) is 30.3 Å². The van der Waals surface area contributed by atoms with Crippen LogP contribution in [0.1, 0.15) is 11.3 Å². The lowest BCUT2D eigenvalue weighted by atomic mass is 10.2. The molecule has 1 aromatic carbocycles. The summed E-state index contributed by atoms with van der Waals surface area (Å²) in [5, 5.41) is 3.22. The minimum absolute atomic E-state index is 0.271. The molecule has 0 unspecified atom stereocenters. The Morgan fingerprint density at radius 1 is 1.04 bits per heavy atom. The molecule has 0 aliphatic carbocycles. The number of fused-ring (bicyclic) bond motifs is 1. The Labute approximate surface area is 138 Å². The highest BCUT2D eigenvalue weighted by molar-refractivity contribution is 5.64. The summed E-state index contributed by atoms with van der Waals surface area (Å²) in [4.78, 5) is 25.2. The first-order valence-corrected chi connectivity index (χ1v) is 7.64. The van der Waals surface area contributed by atoms with Crippen molar-refractivity contribution in [2.75, 3.05) is 0 Å². The van der Waals surface area contributed by atoms with Gasteiger partial charge in [0.15, 0.2) is 11.6 Å². The fraction of sp³-hybridized carbons (Fsp3) is 0.111. The number of pyridine rings is 1. The van der Waals surface area contributed by atoms with E-state index in [4.69, 9.17) is 0 Å². The Balaban J connectivity index is 1.87. The molecule has 0 saturated heterocycles. The summed E-state index contributed by atoms with van der Waals surface area (Å²) < 4.78 is 1.88. The third-order valence-electron chi connectivity index (χ3n) is 3.91. The van der Waals surface area contributed by atoms with Crippen LogP contribution in [0.15, 0.2) is 59.7 Å². The number of rotatable bonds is 3. The van der Waals surface area contributed by atoms with Crippen LogP contribution in [0, 0.1) is 6.92 Å². The molecule has 6 heteroatoms. The van der Waals surface area contributed by atoms with E-state index in [0.717, 1.165) is 16.8 Å². The van der Waals surface area contributed by atoms with Crippen LogP contribution in [0.5, 0.6) is 0 Å². The molecule has 0 bridgehead atoms. The predicted octanol–water partition coefficient (Wildman–Crippen LogP) is 2.49. The van der Waals surface area contributed by atoms with Crippen molar-refractivity contribution in [3.63, 3.8) is 0 Å². The van der Waals surface area contributed by atoms with Gasteiger partial charge in [-0.2, -0.15) is 4.98 Å². The van der Waals surface area contributed by atoms with Gasteiger partial charge in [-0.3, -0.25) is 14.5 Å². The summed E-state index contributed by atoms with van der Waals surface area (Å²) in [7, 11) is 0. The van der Waals surface area contributed by atoms with Gasteiger partial charge < -0.3 is 5.10 Å². The van der Waals surface area contributed by atoms with E-state index >= 15 is 0 Å². The SMILES string of the molecule is Cc1[nH]n(Cc2ccccc2)c2nc(-c3ccncc3)nc(=O)c1-2. The Morgan fingerprint density at radius 2 is 1.79 bits per heavy atom. The lowest BCUT2D eigenvalue weighted by Gasteiger charge is -2.07. The molecule has 1 N–H and O–H groups in total. The van der Waals surface area contributed by atoms with Crippen LogP contribution >= 0.6 is 0 Å². The van der Waals surface area contributed by atoms with Gasteiger partial charge in [0, 0.05) is 23.7 Å². The van der Waals surface area contributed by atoms with Gasteiger partial charge in [-0.05, 0) is 24.6 Å². The van der Waals surface area contributed by atoms with Gasteiger partial charge in [-0.25, -0.2) is 4.98 Å². The normalized spacial score (nSPS) is 11.0. The van der Waals surface area contributed by atoms with Crippen LogP contribution < -0.4 is 5.56 Å². The van der Waals surface area contributed by atoms with Gasteiger partial charge in [0.1, 0.15) is 5.56 Å². The quantitative estimate of drug-likeness (QED) is 0.630. The fourth-order valence-electron chi connectivity index (χ4n) is 2.77. The number of H-pyrrole nitrogens is 1. The molecule has 118 valence electrons. The largest absolute Gasteiger partial charge is 0.300 e. The van der Waals surface area contributed by atoms with E-state index in [9.17, 15) is 4.79 Å². The third-order valence-corrected chi connectivity index (χ3v) is 3.91. The average Bonchev–Trinajstić information content (AvgIpc) is 2.93. The number of hydrogen-bond acceptors (Lipinski definition) is 4. The molecule has 1 aromatic heterocycles. The smallest absolute Gasteiger partial charge is 0.284 e. The van der Waals surface area contributed by atoms with Crippen molar-refractivity contribution in [3.05, 3.63) is 76.5 Å². The minimum Gasteiger partial charge on any atom is -0.300 e. The first-order chi connectivity index (χ1) is 11.7. The van der Waals surface area contributed by atoms with Crippen LogP contribution in [0.25, 0.3) is 22.8 Å². The molecule has 0 saturated carbocycles. The molecule has 0 amide bonds. The Bertz CT molecular complexity index is 1000. The van der Waals surface area contributed by atoms with Crippen molar-refractivity contribution < 1.29 is 0 Å². The van der Waals surface area contributed by atoms with E-state index in [1.807, 2.05) is 41.9 Å². The van der Waals surface area contributed by atoms with Crippen molar-refractivity contribution in [3.8, 4) is 22.8 Å². The Kier molecular flexibility index (Phi) is 3.42. The lowest BCUT2D eigenvalue weighted by molar-refractivity contribution is 0.677. The highest BCUT2D eigenvalue weighted by Crippen LogP contribution is 2.23. The van der Waals surface area contributed by atoms with Crippen molar-refractivity contribution in [1.29, 1.82) is 0 Å². The maximum atomic E-state index is 12.5. The second-order valence-electron chi connectivity index (χ2n) is 5.60. The standard InChI is InChI=1S/C18H15N5O/c1-12-15-17(23(22-12)11-13-5-3-2-4-6-13)20-16(21-18(15)24)14-7-9-19-10-8-14/h2-10,22H,11H2,1H3. The van der Waals surface area contributed by atoms with E-state index in [0.29, 0.717) is 23.8 Å². The summed E-state index contributed by atoms with van der Waals surface area (Å²) in [6.45, 7) is 2.47. The third kappa shape index (κ3) is 2.48. The Morgan fingerprint density at radius 3 is 2.54 bits per heavy atom. The highest BCUT2D eigenvalue weighted by atomic mass is 16.1. The molecule has 3 heterocycles. The van der Waals surface area contributed by atoms with Crippen LogP contribution in [-0.4, -0.2) is 24.7 Å².